The molecular formula is C55H35N3O2. The highest BCUT2D eigenvalue weighted by molar-refractivity contribution is 6.13. The van der Waals surface area contributed by atoms with E-state index in [0.717, 1.165) is 95.7 Å². The van der Waals surface area contributed by atoms with Crippen LogP contribution in [0.2, 0.25) is 0 Å². The molecule has 282 valence electrons. The molecule has 5 heteroatoms. The van der Waals surface area contributed by atoms with Crippen molar-refractivity contribution < 1.29 is 8.83 Å². The molecule has 0 amide bonds. The van der Waals surface area contributed by atoms with Gasteiger partial charge in [-0.15, -0.1) is 0 Å². The van der Waals surface area contributed by atoms with Gasteiger partial charge in [0.15, 0.2) is 17.5 Å². The molecule has 1 aliphatic carbocycles. The second-order valence-corrected chi connectivity index (χ2v) is 15.5. The van der Waals surface area contributed by atoms with Gasteiger partial charge in [0.2, 0.25) is 0 Å². The third-order valence-electron chi connectivity index (χ3n) is 11.8. The Kier molecular flexibility index (Phi) is 7.91. The second kappa shape index (κ2) is 13.9. The summed E-state index contributed by atoms with van der Waals surface area (Å²) in [7, 11) is 0. The number of aromatic nitrogens is 3. The van der Waals surface area contributed by atoms with E-state index in [1.807, 2.05) is 48.5 Å². The van der Waals surface area contributed by atoms with Crippen LogP contribution in [0, 0.1) is 0 Å². The molecule has 60 heavy (non-hydrogen) atoms. The van der Waals surface area contributed by atoms with Gasteiger partial charge in [0.1, 0.15) is 22.3 Å². The summed E-state index contributed by atoms with van der Waals surface area (Å²) in [4.78, 5) is 15.6. The van der Waals surface area contributed by atoms with E-state index < -0.39 is 0 Å². The van der Waals surface area contributed by atoms with Gasteiger partial charge in [0.25, 0.3) is 0 Å². The van der Waals surface area contributed by atoms with Crippen molar-refractivity contribution in [3.8, 4) is 56.4 Å². The van der Waals surface area contributed by atoms with Gasteiger partial charge < -0.3 is 8.83 Å². The van der Waals surface area contributed by atoms with Crippen LogP contribution in [-0.2, 0) is 0 Å². The molecule has 0 atom stereocenters. The van der Waals surface area contributed by atoms with Crippen molar-refractivity contribution in [1.82, 2.24) is 15.0 Å². The average Bonchev–Trinajstić information content (AvgIpc) is 3.90. The van der Waals surface area contributed by atoms with Crippen molar-refractivity contribution in [1.29, 1.82) is 0 Å². The first-order valence-electron chi connectivity index (χ1n) is 20.4. The molecule has 8 aromatic carbocycles. The van der Waals surface area contributed by atoms with Crippen LogP contribution in [0.3, 0.4) is 0 Å². The van der Waals surface area contributed by atoms with Crippen LogP contribution in [0.1, 0.15) is 18.4 Å². The van der Waals surface area contributed by atoms with Crippen molar-refractivity contribution in [3.05, 3.63) is 194 Å². The Morgan fingerprint density at radius 3 is 1.97 bits per heavy atom. The molecule has 12 rings (SSSR count). The van der Waals surface area contributed by atoms with Crippen molar-refractivity contribution in [3.63, 3.8) is 0 Å². The minimum Gasteiger partial charge on any atom is -0.456 e. The Balaban J connectivity index is 1.01. The van der Waals surface area contributed by atoms with Crippen LogP contribution in [0.25, 0.3) is 117 Å². The number of nitrogens with zero attached hydrogens (tertiary/aromatic N) is 3. The van der Waals surface area contributed by atoms with Crippen LogP contribution in [0.4, 0.5) is 0 Å². The van der Waals surface area contributed by atoms with Crippen molar-refractivity contribution in [2.24, 2.45) is 0 Å². The van der Waals surface area contributed by atoms with Gasteiger partial charge in [-0.2, -0.15) is 0 Å². The molecule has 1 aliphatic rings. The number of rotatable bonds is 6. The van der Waals surface area contributed by atoms with Gasteiger partial charge in [-0.3, -0.25) is 0 Å². The molecule has 5 nitrogen and oxygen atoms in total. The largest absolute Gasteiger partial charge is 0.456 e. The molecule has 0 aliphatic heterocycles. The predicted molar refractivity (Wildman–Crippen MR) is 245 cm³/mol. The van der Waals surface area contributed by atoms with Crippen LogP contribution in [0.15, 0.2) is 197 Å². The summed E-state index contributed by atoms with van der Waals surface area (Å²) >= 11 is 0. The maximum atomic E-state index is 6.65. The lowest BCUT2D eigenvalue weighted by Gasteiger charge is -2.11. The predicted octanol–water partition coefficient (Wildman–Crippen LogP) is 14.9. The fourth-order valence-corrected chi connectivity index (χ4v) is 8.80. The molecule has 0 radical (unpaired) electrons. The molecular weight excluding hydrogens is 735 g/mol. The highest BCUT2D eigenvalue weighted by Gasteiger charge is 2.21. The van der Waals surface area contributed by atoms with Crippen LogP contribution in [0.5, 0.6) is 0 Å². The van der Waals surface area contributed by atoms with Gasteiger partial charge in [-0.1, -0.05) is 140 Å². The number of hydrogen-bond donors (Lipinski definition) is 0. The molecule has 0 saturated heterocycles. The first-order valence-corrected chi connectivity index (χ1v) is 20.4. The average molecular weight is 770 g/mol. The number of benzene rings is 8. The van der Waals surface area contributed by atoms with E-state index in [0.29, 0.717) is 17.5 Å². The molecule has 0 spiro atoms. The SMILES string of the molecule is C1=CCCC(c2ccc3ccc(-c4ccc5c(c4)oc4cccc(-c6nc(-c7cccc(-c8ccccc8)c7)nc(-c7cccc8c7oc7ccccc78)n6)c45)cc3c2)=C1. The van der Waals surface area contributed by atoms with E-state index >= 15 is 0 Å². The first kappa shape index (κ1) is 34.2. The van der Waals surface area contributed by atoms with Gasteiger partial charge in [0, 0.05) is 32.7 Å². The number of allylic oxidation sites excluding steroid dienone is 4. The summed E-state index contributed by atoms with van der Waals surface area (Å²) in [5, 5.41) is 6.47. The Morgan fingerprint density at radius 1 is 0.400 bits per heavy atom. The molecule has 0 fully saturated rings. The van der Waals surface area contributed by atoms with Crippen molar-refractivity contribution >= 4 is 60.2 Å². The highest BCUT2D eigenvalue weighted by Crippen LogP contribution is 2.40. The molecule has 0 unspecified atom stereocenters. The summed E-state index contributed by atoms with van der Waals surface area (Å²) in [5.74, 6) is 1.66. The molecule has 0 saturated carbocycles. The molecule has 3 aromatic heterocycles. The lowest BCUT2D eigenvalue weighted by atomic mass is 9.94. The lowest BCUT2D eigenvalue weighted by molar-refractivity contribution is 0.668. The van der Waals surface area contributed by atoms with E-state index in [1.165, 1.54) is 21.9 Å². The molecule has 3 heterocycles. The molecule has 11 aromatic rings. The van der Waals surface area contributed by atoms with E-state index in [-0.39, 0.29) is 0 Å². The third-order valence-corrected chi connectivity index (χ3v) is 11.8. The van der Waals surface area contributed by atoms with E-state index in [2.05, 4.69) is 140 Å². The van der Waals surface area contributed by atoms with E-state index in [9.17, 15) is 0 Å². The topological polar surface area (TPSA) is 65.0 Å². The van der Waals surface area contributed by atoms with Gasteiger partial charge in [0.05, 0.1) is 5.56 Å². The zero-order valence-corrected chi connectivity index (χ0v) is 32.5. The number of furan rings is 2. The van der Waals surface area contributed by atoms with Crippen molar-refractivity contribution in [2.45, 2.75) is 12.8 Å². The summed E-state index contributed by atoms with van der Waals surface area (Å²) in [6, 6.07) is 59.1. The fraction of sp³-hybridized carbons (Fsp3) is 0.0364. The Morgan fingerprint density at radius 2 is 1.07 bits per heavy atom. The third kappa shape index (κ3) is 5.82. The lowest BCUT2D eigenvalue weighted by Crippen LogP contribution is -2.00. The van der Waals surface area contributed by atoms with Crippen molar-refractivity contribution in [2.75, 3.05) is 0 Å². The highest BCUT2D eigenvalue weighted by atomic mass is 16.3. The normalized spacial score (nSPS) is 12.9. The van der Waals surface area contributed by atoms with Crippen LogP contribution < -0.4 is 0 Å². The zero-order valence-electron chi connectivity index (χ0n) is 32.5. The summed E-state index contributed by atoms with van der Waals surface area (Å²) in [6.45, 7) is 0. The maximum Gasteiger partial charge on any atom is 0.167 e. The molecule has 0 N–H and O–H groups in total. The minimum atomic E-state index is 0.535. The van der Waals surface area contributed by atoms with Crippen LogP contribution in [-0.4, -0.2) is 15.0 Å². The summed E-state index contributed by atoms with van der Waals surface area (Å²) in [5.41, 5.74) is 12.8. The standard InChI is InChI=1S/C55H35N3O2/c1-3-12-34(13-4-1)37-16-9-17-41(30-37)53-56-54(58-55(57-53)47-21-10-19-44-43-18-7-8-22-48(43)60-52(44)47)46-20-11-23-49-51(46)45-29-28-40(33-50(45)59-49)39-27-25-36-24-26-38(31-42(36)32-39)35-14-5-2-6-15-35/h1-5,7-14,16-33H,6,15H2. The number of hydrogen-bond acceptors (Lipinski definition) is 5. The van der Waals surface area contributed by atoms with E-state index in [1.54, 1.807) is 0 Å². The number of fused-ring (bicyclic) bond motifs is 7. The Hall–Kier alpha value is -7.89. The monoisotopic (exact) mass is 769 g/mol. The van der Waals surface area contributed by atoms with Gasteiger partial charge in [-0.05, 0) is 106 Å². The van der Waals surface area contributed by atoms with Crippen LogP contribution >= 0.6 is 0 Å². The zero-order chi connectivity index (χ0) is 39.6. The smallest absolute Gasteiger partial charge is 0.167 e. The van der Waals surface area contributed by atoms with Gasteiger partial charge in [-0.25, -0.2) is 15.0 Å². The minimum absolute atomic E-state index is 0.535. The second-order valence-electron chi connectivity index (χ2n) is 15.5. The number of para-hydroxylation sites is 2. The maximum absolute atomic E-state index is 6.65. The summed E-state index contributed by atoms with van der Waals surface area (Å²) < 4.78 is 13.2. The van der Waals surface area contributed by atoms with Gasteiger partial charge >= 0.3 is 0 Å². The van der Waals surface area contributed by atoms with E-state index in [4.69, 9.17) is 23.8 Å². The Bertz CT molecular complexity index is 3550. The quantitative estimate of drug-likeness (QED) is 0.168. The summed E-state index contributed by atoms with van der Waals surface area (Å²) in [6.07, 6.45) is 8.79. The first-order chi connectivity index (χ1) is 29.7. The molecule has 0 bridgehead atoms. The Labute approximate surface area is 345 Å². The fourth-order valence-electron chi connectivity index (χ4n) is 8.80.